The van der Waals surface area contributed by atoms with Crippen molar-refractivity contribution in [1.82, 2.24) is 10.3 Å². The first-order chi connectivity index (χ1) is 11.0. The second-order valence-corrected chi connectivity index (χ2v) is 5.60. The van der Waals surface area contributed by atoms with Gasteiger partial charge in [0.05, 0.1) is 17.8 Å². The highest BCUT2D eigenvalue weighted by atomic mass is 16.3. The molecule has 0 saturated heterocycles. The molecule has 0 bridgehead atoms. The van der Waals surface area contributed by atoms with Crippen molar-refractivity contribution in [2.24, 2.45) is 0 Å². The number of nitrogens with zero attached hydrogens (tertiary/aromatic N) is 1. The third-order valence-corrected chi connectivity index (χ3v) is 4.02. The zero-order valence-electron chi connectivity index (χ0n) is 13.7. The molecule has 0 fully saturated rings. The number of hydrogen-bond donors (Lipinski definition) is 3. The number of oxazole rings is 1. The molecule has 6 nitrogen and oxygen atoms in total. The number of carbonyl (C=O) groups excluding carboxylic acids is 1. The molecule has 23 heavy (non-hydrogen) atoms. The van der Waals surface area contributed by atoms with E-state index in [1.807, 2.05) is 32.9 Å². The van der Waals surface area contributed by atoms with Gasteiger partial charge in [0, 0.05) is 11.3 Å². The fraction of sp³-hybridized carbons (Fsp3) is 0.412. The van der Waals surface area contributed by atoms with E-state index in [4.69, 9.17) is 4.42 Å². The smallest absolute Gasteiger partial charge is 0.319 e. The minimum Gasteiger partial charge on any atom is -0.444 e. The third kappa shape index (κ3) is 4.10. The summed E-state index contributed by atoms with van der Waals surface area (Å²) in [5, 5.41) is 15.2. The summed E-state index contributed by atoms with van der Waals surface area (Å²) < 4.78 is 5.37. The van der Waals surface area contributed by atoms with Crippen LogP contribution in [0.5, 0.6) is 0 Å². The molecular weight excluding hydrogens is 294 g/mol. The van der Waals surface area contributed by atoms with Crippen molar-refractivity contribution in [3.63, 3.8) is 0 Å². The largest absolute Gasteiger partial charge is 0.444 e. The molecule has 0 saturated carbocycles. The van der Waals surface area contributed by atoms with E-state index in [9.17, 15) is 9.90 Å². The van der Waals surface area contributed by atoms with Gasteiger partial charge in [-0.2, -0.15) is 0 Å². The van der Waals surface area contributed by atoms with Crippen LogP contribution in [0, 0.1) is 6.92 Å². The van der Waals surface area contributed by atoms with E-state index in [1.54, 1.807) is 18.4 Å². The highest BCUT2D eigenvalue weighted by molar-refractivity contribution is 5.90. The Kier molecular flexibility index (Phi) is 5.39. The highest BCUT2D eigenvalue weighted by Crippen LogP contribution is 2.22. The average Bonchev–Trinajstić information content (AvgIpc) is 2.99. The summed E-state index contributed by atoms with van der Waals surface area (Å²) in [6.07, 6.45) is 2.90. The maximum atomic E-state index is 12.2. The van der Waals surface area contributed by atoms with Crippen LogP contribution in [0.25, 0.3) is 11.5 Å². The molecule has 124 valence electrons. The number of aryl methyl sites for hydroxylation is 1. The van der Waals surface area contributed by atoms with Crippen molar-refractivity contribution in [2.75, 3.05) is 11.9 Å². The number of anilines is 1. The van der Waals surface area contributed by atoms with Crippen molar-refractivity contribution in [3.8, 4) is 11.5 Å². The minimum atomic E-state index is -0.596. The van der Waals surface area contributed by atoms with Crippen molar-refractivity contribution >= 4 is 11.7 Å². The fourth-order valence-corrected chi connectivity index (χ4v) is 2.31. The fourth-order valence-electron chi connectivity index (χ4n) is 2.31. The molecule has 0 aliphatic rings. The molecule has 2 aromatic rings. The standard InChI is InChI=1S/C17H23N3O3/c1-4-17(5-2,11-21)20-16(22)19-14-8-6-7-13(9-14)15-18-12(3)10-23-15/h6-10,21H,4-5,11H2,1-3H3,(H2,19,20,22). The predicted molar refractivity (Wildman–Crippen MR) is 89.2 cm³/mol. The monoisotopic (exact) mass is 317 g/mol. The number of aliphatic hydroxyl groups is 1. The second-order valence-electron chi connectivity index (χ2n) is 5.60. The zero-order chi connectivity index (χ0) is 16.9. The van der Waals surface area contributed by atoms with Crippen LogP contribution < -0.4 is 10.6 Å². The maximum Gasteiger partial charge on any atom is 0.319 e. The lowest BCUT2D eigenvalue weighted by molar-refractivity contribution is 0.155. The summed E-state index contributed by atoms with van der Waals surface area (Å²) >= 11 is 0. The maximum absolute atomic E-state index is 12.2. The van der Waals surface area contributed by atoms with Gasteiger partial charge in [0.15, 0.2) is 0 Å². The molecule has 1 aromatic heterocycles. The van der Waals surface area contributed by atoms with Crippen LogP contribution in [0.15, 0.2) is 34.9 Å². The number of carbonyl (C=O) groups is 1. The molecule has 6 heteroatoms. The van der Waals surface area contributed by atoms with Gasteiger partial charge in [0.2, 0.25) is 5.89 Å². The first-order valence-electron chi connectivity index (χ1n) is 7.74. The summed E-state index contributed by atoms with van der Waals surface area (Å²) in [6, 6.07) is 6.93. The van der Waals surface area contributed by atoms with E-state index in [0.717, 1.165) is 11.3 Å². The number of aromatic nitrogens is 1. The number of amides is 2. The summed E-state index contributed by atoms with van der Waals surface area (Å²) in [4.78, 5) is 16.5. The van der Waals surface area contributed by atoms with Crippen LogP contribution in [0.4, 0.5) is 10.5 Å². The summed E-state index contributed by atoms with van der Waals surface area (Å²) in [5.41, 5.74) is 1.63. The molecule has 3 N–H and O–H groups in total. The molecule has 0 aliphatic heterocycles. The lowest BCUT2D eigenvalue weighted by Gasteiger charge is -2.30. The Morgan fingerprint density at radius 3 is 2.65 bits per heavy atom. The van der Waals surface area contributed by atoms with Gasteiger partial charge >= 0.3 is 6.03 Å². The summed E-state index contributed by atoms with van der Waals surface area (Å²) in [5.74, 6) is 0.512. The molecular formula is C17H23N3O3. The first-order valence-corrected chi connectivity index (χ1v) is 7.74. The van der Waals surface area contributed by atoms with Gasteiger partial charge in [-0.1, -0.05) is 19.9 Å². The third-order valence-electron chi connectivity index (χ3n) is 4.02. The van der Waals surface area contributed by atoms with Gasteiger partial charge in [0.1, 0.15) is 6.26 Å². The van der Waals surface area contributed by atoms with Crippen LogP contribution >= 0.6 is 0 Å². The summed E-state index contributed by atoms with van der Waals surface area (Å²) in [7, 11) is 0. The van der Waals surface area contributed by atoms with Crippen LogP contribution in [-0.4, -0.2) is 28.3 Å². The van der Waals surface area contributed by atoms with Crippen molar-refractivity contribution in [2.45, 2.75) is 39.2 Å². The second kappa shape index (κ2) is 7.28. The molecule has 0 radical (unpaired) electrons. The Labute approximate surface area is 135 Å². The van der Waals surface area contributed by atoms with Crippen LogP contribution in [0.3, 0.4) is 0 Å². The lowest BCUT2D eigenvalue weighted by atomic mass is 9.94. The van der Waals surface area contributed by atoms with E-state index in [1.165, 1.54) is 0 Å². The summed E-state index contributed by atoms with van der Waals surface area (Å²) in [6.45, 7) is 5.63. The lowest BCUT2D eigenvalue weighted by Crippen LogP contribution is -2.52. The van der Waals surface area contributed by atoms with Crippen molar-refractivity contribution in [1.29, 1.82) is 0 Å². The first kappa shape index (κ1) is 17.0. The van der Waals surface area contributed by atoms with Gasteiger partial charge in [-0.25, -0.2) is 9.78 Å². The Morgan fingerprint density at radius 1 is 1.35 bits per heavy atom. The van der Waals surface area contributed by atoms with E-state index in [2.05, 4.69) is 15.6 Å². The Balaban J connectivity index is 2.10. The number of nitrogens with one attached hydrogen (secondary N) is 2. The molecule has 2 amide bonds. The Morgan fingerprint density at radius 2 is 2.09 bits per heavy atom. The van der Waals surface area contributed by atoms with Gasteiger partial charge in [-0.3, -0.25) is 0 Å². The van der Waals surface area contributed by atoms with E-state index < -0.39 is 5.54 Å². The van der Waals surface area contributed by atoms with Crippen LogP contribution in [0.2, 0.25) is 0 Å². The normalized spacial score (nSPS) is 11.3. The van der Waals surface area contributed by atoms with Gasteiger partial charge in [-0.15, -0.1) is 0 Å². The molecule has 0 atom stereocenters. The van der Waals surface area contributed by atoms with Gasteiger partial charge < -0.3 is 20.2 Å². The average molecular weight is 317 g/mol. The van der Waals surface area contributed by atoms with Crippen LogP contribution in [0.1, 0.15) is 32.4 Å². The van der Waals surface area contributed by atoms with E-state index >= 15 is 0 Å². The van der Waals surface area contributed by atoms with Crippen molar-refractivity contribution in [3.05, 3.63) is 36.2 Å². The zero-order valence-corrected chi connectivity index (χ0v) is 13.7. The van der Waals surface area contributed by atoms with E-state index in [0.29, 0.717) is 24.4 Å². The highest BCUT2D eigenvalue weighted by Gasteiger charge is 2.27. The molecule has 1 aromatic carbocycles. The van der Waals surface area contributed by atoms with Gasteiger partial charge in [0.25, 0.3) is 0 Å². The predicted octanol–water partition coefficient (Wildman–Crippen LogP) is 3.32. The molecule has 0 aliphatic carbocycles. The van der Waals surface area contributed by atoms with E-state index in [-0.39, 0.29) is 12.6 Å². The molecule has 0 spiro atoms. The Hall–Kier alpha value is -2.34. The number of hydrogen-bond acceptors (Lipinski definition) is 4. The van der Waals surface area contributed by atoms with Crippen molar-refractivity contribution < 1.29 is 14.3 Å². The SMILES string of the molecule is CCC(CC)(CO)NC(=O)Nc1cccc(-c2nc(C)co2)c1. The number of rotatable bonds is 6. The minimum absolute atomic E-state index is 0.0942. The van der Waals surface area contributed by atoms with Crippen LogP contribution in [-0.2, 0) is 0 Å². The number of aliphatic hydroxyl groups excluding tert-OH is 1. The Bertz CT molecular complexity index is 654. The quantitative estimate of drug-likeness (QED) is 0.762. The topological polar surface area (TPSA) is 87.4 Å². The molecule has 0 unspecified atom stereocenters. The number of urea groups is 1. The molecule has 2 rings (SSSR count). The van der Waals surface area contributed by atoms with Gasteiger partial charge in [-0.05, 0) is 38.0 Å². The molecule has 1 heterocycles. The number of benzene rings is 1.